The van der Waals surface area contributed by atoms with E-state index in [1.54, 1.807) is 0 Å². The molecular formula is C19H17ClF2O5S. The largest absolute Gasteiger partial charge is 0.493 e. The van der Waals surface area contributed by atoms with E-state index in [0.717, 1.165) is 18.2 Å². The highest BCUT2D eigenvalue weighted by atomic mass is 35.5. The Bertz CT molecular complexity index is 978. The van der Waals surface area contributed by atoms with Crippen LogP contribution in [0.2, 0.25) is 5.02 Å². The highest BCUT2D eigenvalue weighted by molar-refractivity contribution is 7.92. The van der Waals surface area contributed by atoms with Crippen molar-refractivity contribution in [2.45, 2.75) is 23.0 Å². The lowest BCUT2D eigenvalue weighted by atomic mass is 9.97. The molecule has 3 rings (SSSR count). The molecule has 0 bridgehead atoms. The number of aliphatic carboxylic acids is 1. The molecule has 3 atom stereocenters. The molecule has 0 amide bonds. The van der Waals surface area contributed by atoms with Crippen molar-refractivity contribution in [2.75, 3.05) is 6.61 Å². The lowest BCUT2D eigenvalue weighted by Gasteiger charge is -2.16. The van der Waals surface area contributed by atoms with Gasteiger partial charge in [-0.25, -0.2) is 17.2 Å². The van der Waals surface area contributed by atoms with Crippen LogP contribution in [0.25, 0.3) is 0 Å². The first-order chi connectivity index (χ1) is 13.2. The summed E-state index contributed by atoms with van der Waals surface area (Å²) in [6.07, 6.45) is -0.0307. The molecule has 2 aromatic carbocycles. The molecule has 0 aliphatic heterocycles. The number of hydrogen-bond acceptors (Lipinski definition) is 4. The first kappa shape index (κ1) is 20.5. The summed E-state index contributed by atoms with van der Waals surface area (Å²) in [7, 11) is -3.94. The third kappa shape index (κ3) is 4.28. The molecule has 0 radical (unpaired) electrons. The number of carboxylic acid groups (broad SMARTS) is 1. The van der Waals surface area contributed by atoms with Gasteiger partial charge in [-0.2, -0.15) is 0 Å². The van der Waals surface area contributed by atoms with E-state index < -0.39 is 44.5 Å². The monoisotopic (exact) mass is 430 g/mol. The Hall–Kier alpha value is -2.19. The van der Waals surface area contributed by atoms with Crippen LogP contribution >= 0.6 is 11.6 Å². The average Bonchev–Trinajstić information content (AvgIpc) is 3.06. The Balaban J connectivity index is 1.78. The Morgan fingerprint density at radius 1 is 1.11 bits per heavy atom. The van der Waals surface area contributed by atoms with E-state index in [4.69, 9.17) is 16.3 Å². The van der Waals surface area contributed by atoms with Gasteiger partial charge in [0.2, 0.25) is 0 Å². The highest BCUT2D eigenvalue weighted by Gasteiger charge is 2.45. The van der Waals surface area contributed by atoms with Crippen LogP contribution in [0, 0.1) is 23.5 Å². The summed E-state index contributed by atoms with van der Waals surface area (Å²) >= 11 is 5.89. The van der Waals surface area contributed by atoms with Crippen molar-refractivity contribution in [1.29, 1.82) is 0 Å². The predicted molar refractivity (Wildman–Crippen MR) is 98.1 cm³/mol. The molecule has 1 N–H and O–H groups in total. The van der Waals surface area contributed by atoms with Crippen molar-refractivity contribution in [1.82, 2.24) is 0 Å². The van der Waals surface area contributed by atoms with Crippen molar-refractivity contribution in [3.8, 4) is 5.75 Å². The average molecular weight is 431 g/mol. The van der Waals surface area contributed by atoms with E-state index in [-0.39, 0.29) is 29.4 Å². The molecular weight excluding hydrogens is 414 g/mol. The van der Waals surface area contributed by atoms with Gasteiger partial charge < -0.3 is 9.84 Å². The maximum atomic E-state index is 13.2. The van der Waals surface area contributed by atoms with Crippen LogP contribution in [-0.2, 0) is 14.6 Å². The van der Waals surface area contributed by atoms with Crippen LogP contribution in [0.15, 0.2) is 47.4 Å². The van der Waals surface area contributed by atoms with Gasteiger partial charge in [-0.3, -0.25) is 4.79 Å². The number of halogens is 3. The van der Waals surface area contributed by atoms with E-state index in [9.17, 15) is 27.1 Å². The Morgan fingerprint density at radius 2 is 1.75 bits per heavy atom. The second kappa shape index (κ2) is 8.05. The van der Waals surface area contributed by atoms with E-state index >= 15 is 0 Å². The molecule has 0 spiro atoms. The van der Waals surface area contributed by atoms with Gasteiger partial charge in [0.25, 0.3) is 0 Å². The first-order valence-corrected chi connectivity index (χ1v) is 10.4. The summed E-state index contributed by atoms with van der Waals surface area (Å²) in [5.74, 6) is -3.32. The van der Waals surface area contributed by atoms with E-state index in [1.165, 1.54) is 24.3 Å². The summed E-state index contributed by atoms with van der Waals surface area (Å²) in [5, 5.41) is 8.27. The predicted octanol–water partition coefficient (Wildman–Crippen LogP) is 3.95. The smallest absolute Gasteiger partial charge is 0.306 e. The lowest BCUT2D eigenvalue weighted by molar-refractivity contribution is -0.143. The third-order valence-electron chi connectivity index (χ3n) is 4.89. The molecule has 1 aliphatic carbocycles. The molecule has 0 saturated heterocycles. The SMILES string of the molecule is O=C(O)[C@@H]1CC(S(=O)(=O)c2ccc(F)cc2Cl)C[C@H]1COc1ccc(F)cc1. The van der Waals surface area contributed by atoms with E-state index in [2.05, 4.69) is 0 Å². The molecule has 5 nitrogen and oxygen atoms in total. The minimum Gasteiger partial charge on any atom is -0.493 e. The van der Waals surface area contributed by atoms with Gasteiger partial charge in [-0.05, 0) is 55.3 Å². The molecule has 1 fully saturated rings. The van der Waals surface area contributed by atoms with Crippen molar-refractivity contribution in [3.05, 3.63) is 59.1 Å². The molecule has 2 aromatic rings. The minimum absolute atomic E-state index is 0.0221. The molecule has 0 aromatic heterocycles. The molecule has 1 saturated carbocycles. The van der Waals surface area contributed by atoms with Crippen molar-refractivity contribution >= 4 is 27.4 Å². The maximum absolute atomic E-state index is 13.2. The molecule has 150 valence electrons. The number of carboxylic acids is 1. The van der Waals surface area contributed by atoms with Crippen molar-refractivity contribution in [3.63, 3.8) is 0 Å². The van der Waals surface area contributed by atoms with Crippen LogP contribution in [0.3, 0.4) is 0 Å². The number of carbonyl (C=O) groups is 1. The van der Waals surface area contributed by atoms with E-state index in [0.29, 0.717) is 5.75 Å². The van der Waals surface area contributed by atoms with Crippen LogP contribution < -0.4 is 4.74 Å². The Kier molecular flexibility index (Phi) is 5.90. The van der Waals surface area contributed by atoms with Crippen LogP contribution in [-0.4, -0.2) is 31.4 Å². The standard InChI is InChI=1S/C19H17ClF2O5S/c20-17-8-13(22)3-6-18(17)28(25,26)15-7-11(16(9-15)19(23)24)10-27-14-4-1-12(21)2-5-14/h1-6,8,11,15-16H,7,9-10H2,(H,23,24)/t11-,15?,16+/m0/s1. The zero-order valence-electron chi connectivity index (χ0n) is 14.5. The normalized spacial score (nSPS) is 22.2. The summed E-state index contributed by atoms with van der Waals surface area (Å²) in [6.45, 7) is -0.0221. The van der Waals surface area contributed by atoms with Gasteiger partial charge in [0, 0.05) is 5.92 Å². The fraction of sp³-hybridized carbons (Fsp3) is 0.316. The number of sulfone groups is 1. The Morgan fingerprint density at radius 3 is 2.36 bits per heavy atom. The second-order valence-electron chi connectivity index (χ2n) is 6.68. The molecule has 28 heavy (non-hydrogen) atoms. The molecule has 1 aliphatic rings. The maximum Gasteiger partial charge on any atom is 0.306 e. The summed E-state index contributed by atoms with van der Waals surface area (Å²) in [6, 6.07) is 8.24. The van der Waals surface area contributed by atoms with Gasteiger partial charge in [-0.15, -0.1) is 0 Å². The first-order valence-electron chi connectivity index (χ1n) is 8.48. The summed E-state index contributed by atoms with van der Waals surface area (Å²) in [4.78, 5) is 11.4. The number of hydrogen-bond donors (Lipinski definition) is 1. The van der Waals surface area contributed by atoms with Crippen LogP contribution in [0.1, 0.15) is 12.8 Å². The molecule has 9 heteroatoms. The van der Waals surface area contributed by atoms with Gasteiger partial charge in [0.15, 0.2) is 9.84 Å². The summed E-state index contributed by atoms with van der Waals surface area (Å²) < 4.78 is 57.5. The zero-order chi connectivity index (χ0) is 20.5. The van der Waals surface area contributed by atoms with Gasteiger partial charge >= 0.3 is 5.97 Å². The van der Waals surface area contributed by atoms with Gasteiger partial charge in [-0.1, -0.05) is 11.6 Å². The number of benzene rings is 2. The fourth-order valence-electron chi connectivity index (χ4n) is 3.43. The van der Waals surface area contributed by atoms with Crippen molar-refractivity contribution in [2.24, 2.45) is 11.8 Å². The topological polar surface area (TPSA) is 80.7 Å². The minimum atomic E-state index is -3.94. The molecule has 1 unspecified atom stereocenters. The lowest BCUT2D eigenvalue weighted by Crippen LogP contribution is -2.23. The number of rotatable bonds is 6. The van der Waals surface area contributed by atoms with Gasteiger partial charge in [0.05, 0.1) is 27.7 Å². The zero-order valence-corrected chi connectivity index (χ0v) is 16.1. The fourth-order valence-corrected chi connectivity index (χ4v) is 5.83. The van der Waals surface area contributed by atoms with Crippen LogP contribution in [0.5, 0.6) is 5.75 Å². The third-order valence-corrected chi connectivity index (χ3v) is 7.54. The second-order valence-corrected chi connectivity index (χ2v) is 9.29. The van der Waals surface area contributed by atoms with Gasteiger partial charge in [0.1, 0.15) is 17.4 Å². The summed E-state index contributed by atoms with van der Waals surface area (Å²) in [5.41, 5.74) is 0. The number of ether oxygens (including phenoxy) is 1. The van der Waals surface area contributed by atoms with Crippen LogP contribution in [0.4, 0.5) is 8.78 Å². The highest BCUT2D eigenvalue weighted by Crippen LogP contribution is 2.40. The molecule has 0 heterocycles. The van der Waals surface area contributed by atoms with E-state index in [1.807, 2.05) is 0 Å². The Labute approximate surface area is 165 Å². The quantitative estimate of drug-likeness (QED) is 0.702. The van der Waals surface area contributed by atoms with Crippen molar-refractivity contribution < 1.29 is 31.8 Å².